The van der Waals surface area contributed by atoms with Crippen LogP contribution < -0.4 is 0 Å². The second-order valence-corrected chi connectivity index (χ2v) is 3.22. The zero-order valence-corrected chi connectivity index (χ0v) is 8.26. The average Bonchev–Trinajstić information content (AvgIpc) is 2.09. The van der Waals surface area contributed by atoms with Gasteiger partial charge in [-0.15, -0.1) is 6.58 Å². The highest BCUT2D eigenvalue weighted by Gasteiger charge is 1.85. The van der Waals surface area contributed by atoms with Gasteiger partial charge in [-0.3, -0.25) is 0 Å². The molecule has 0 aliphatic rings. The minimum Gasteiger partial charge on any atom is -0.102 e. The number of allylic oxidation sites excluding steroid dienone is 1. The molecular weight excluding hydrogens is 212 g/mol. The smallest absolute Gasteiger partial charge is 0.0270 e. The Morgan fingerprint density at radius 3 is 2.58 bits per heavy atom. The van der Waals surface area contributed by atoms with Gasteiger partial charge in [0, 0.05) is 16.5 Å². The second-order valence-electron chi connectivity index (χ2n) is 2.30. The molecule has 0 unspecified atom stereocenters. The van der Waals surface area contributed by atoms with E-state index in [1.807, 2.05) is 24.3 Å². The summed E-state index contributed by atoms with van der Waals surface area (Å²) < 4.78 is 1.08. The lowest BCUT2D eigenvalue weighted by atomic mass is 10.2. The van der Waals surface area contributed by atoms with Gasteiger partial charge in [-0.25, -0.2) is 0 Å². The molecule has 1 aromatic rings. The van der Waals surface area contributed by atoms with Crippen molar-refractivity contribution in [2.45, 2.75) is 6.42 Å². The van der Waals surface area contributed by atoms with Crippen molar-refractivity contribution in [1.29, 1.82) is 0 Å². The van der Waals surface area contributed by atoms with Crippen LogP contribution in [-0.4, -0.2) is 0 Å². The third-order valence-electron chi connectivity index (χ3n) is 1.32. The van der Waals surface area contributed by atoms with E-state index in [1.54, 1.807) is 6.08 Å². The maximum absolute atomic E-state index is 3.60. The molecule has 1 heteroatoms. The van der Waals surface area contributed by atoms with Crippen LogP contribution in [0.25, 0.3) is 0 Å². The third kappa shape index (κ3) is 2.94. The SMILES string of the molecule is C=CCC#Cc1ccc(Br)cc1. The molecule has 60 valence electrons. The molecular formula is C11H9Br. The first-order valence-electron chi connectivity index (χ1n) is 3.68. The van der Waals surface area contributed by atoms with E-state index in [4.69, 9.17) is 0 Å². The Labute approximate surface area is 81.4 Å². The van der Waals surface area contributed by atoms with Crippen LogP contribution in [-0.2, 0) is 0 Å². The first-order valence-corrected chi connectivity index (χ1v) is 4.47. The Morgan fingerprint density at radius 2 is 2.00 bits per heavy atom. The molecule has 12 heavy (non-hydrogen) atoms. The predicted octanol–water partition coefficient (Wildman–Crippen LogP) is 3.38. The van der Waals surface area contributed by atoms with Gasteiger partial charge in [0.05, 0.1) is 0 Å². The summed E-state index contributed by atoms with van der Waals surface area (Å²) >= 11 is 3.36. The van der Waals surface area contributed by atoms with Crippen LogP contribution in [0.4, 0.5) is 0 Å². The topological polar surface area (TPSA) is 0 Å². The van der Waals surface area contributed by atoms with Crippen molar-refractivity contribution in [2.75, 3.05) is 0 Å². The fourth-order valence-corrected chi connectivity index (χ4v) is 1.02. The Morgan fingerprint density at radius 1 is 1.33 bits per heavy atom. The van der Waals surface area contributed by atoms with Crippen LogP contribution in [0.2, 0.25) is 0 Å². The molecule has 0 saturated carbocycles. The van der Waals surface area contributed by atoms with Crippen molar-refractivity contribution in [3.63, 3.8) is 0 Å². The lowest BCUT2D eigenvalue weighted by Crippen LogP contribution is -1.71. The van der Waals surface area contributed by atoms with Gasteiger partial charge in [0.15, 0.2) is 0 Å². The third-order valence-corrected chi connectivity index (χ3v) is 1.85. The maximum Gasteiger partial charge on any atom is 0.0270 e. The molecule has 0 nitrogen and oxygen atoms in total. The summed E-state index contributed by atoms with van der Waals surface area (Å²) in [7, 11) is 0. The number of benzene rings is 1. The number of hydrogen-bond acceptors (Lipinski definition) is 0. The first kappa shape index (κ1) is 9.09. The van der Waals surface area contributed by atoms with Crippen LogP contribution in [0.15, 0.2) is 41.4 Å². The number of hydrogen-bond donors (Lipinski definition) is 0. The zero-order valence-electron chi connectivity index (χ0n) is 6.68. The van der Waals surface area contributed by atoms with E-state index >= 15 is 0 Å². The fourth-order valence-electron chi connectivity index (χ4n) is 0.758. The Balaban J connectivity index is 2.72. The van der Waals surface area contributed by atoms with E-state index in [9.17, 15) is 0 Å². The van der Waals surface area contributed by atoms with Crippen LogP contribution in [0, 0.1) is 11.8 Å². The van der Waals surface area contributed by atoms with Gasteiger partial charge in [-0.05, 0) is 24.3 Å². The van der Waals surface area contributed by atoms with Gasteiger partial charge >= 0.3 is 0 Å². The van der Waals surface area contributed by atoms with E-state index in [0.29, 0.717) is 0 Å². The summed E-state index contributed by atoms with van der Waals surface area (Å²) in [5.41, 5.74) is 1.04. The van der Waals surface area contributed by atoms with Gasteiger partial charge in [0.2, 0.25) is 0 Å². The Hall–Kier alpha value is -1.000. The van der Waals surface area contributed by atoms with E-state index in [2.05, 4.69) is 34.3 Å². The van der Waals surface area contributed by atoms with Crippen molar-refractivity contribution in [3.05, 3.63) is 47.0 Å². The van der Waals surface area contributed by atoms with Crippen molar-refractivity contribution < 1.29 is 0 Å². The minimum absolute atomic E-state index is 0.746. The van der Waals surface area contributed by atoms with E-state index < -0.39 is 0 Å². The number of halogens is 1. The van der Waals surface area contributed by atoms with Crippen LogP contribution in [0.1, 0.15) is 12.0 Å². The van der Waals surface area contributed by atoms with Crippen LogP contribution >= 0.6 is 15.9 Å². The molecule has 0 amide bonds. The maximum atomic E-state index is 3.60. The predicted molar refractivity (Wildman–Crippen MR) is 55.8 cm³/mol. The fraction of sp³-hybridized carbons (Fsp3) is 0.0909. The number of rotatable bonds is 1. The van der Waals surface area contributed by atoms with Crippen molar-refractivity contribution in [1.82, 2.24) is 0 Å². The van der Waals surface area contributed by atoms with E-state index in [1.165, 1.54) is 0 Å². The first-order chi connectivity index (χ1) is 5.83. The zero-order chi connectivity index (χ0) is 8.81. The van der Waals surface area contributed by atoms with Crippen molar-refractivity contribution in [2.24, 2.45) is 0 Å². The minimum atomic E-state index is 0.746. The monoisotopic (exact) mass is 220 g/mol. The van der Waals surface area contributed by atoms with Crippen LogP contribution in [0.5, 0.6) is 0 Å². The van der Waals surface area contributed by atoms with Gasteiger partial charge in [0.1, 0.15) is 0 Å². The summed E-state index contributed by atoms with van der Waals surface area (Å²) in [6.07, 6.45) is 2.54. The summed E-state index contributed by atoms with van der Waals surface area (Å²) in [5, 5.41) is 0. The molecule has 1 rings (SSSR count). The molecule has 0 aromatic heterocycles. The molecule has 0 spiro atoms. The molecule has 0 saturated heterocycles. The summed E-state index contributed by atoms with van der Waals surface area (Å²) in [5.74, 6) is 6.02. The molecule has 0 fully saturated rings. The molecule has 0 aliphatic heterocycles. The van der Waals surface area contributed by atoms with Gasteiger partial charge in [-0.1, -0.05) is 33.8 Å². The van der Waals surface area contributed by atoms with Crippen molar-refractivity contribution in [3.8, 4) is 11.8 Å². The van der Waals surface area contributed by atoms with Gasteiger partial charge in [-0.2, -0.15) is 0 Å². The summed E-state index contributed by atoms with van der Waals surface area (Å²) in [6, 6.07) is 7.94. The molecule has 0 N–H and O–H groups in total. The van der Waals surface area contributed by atoms with Crippen molar-refractivity contribution >= 4 is 15.9 Å². The van der Waals surface area contributed by atoms with Gasteiger partial charge in [0.25, 0.3) is 0 Å². The highest BCUT2D eigenvalue weighted by Crippen LogP contribution is 2.09. The molecule has 0 radical (unpaired) electrons. The summed E-state index contributed by atoms with van der Waals surface area (Å²) in [6.45, 7) is 3.60. The Bertz CT molecular complexity index is 311. The molecule has 0 bridgehead atoms. The quantitative estimate of drug-likeness (QED) is 0.503. The standard InChI is InChI=1S/C11H9Br/c1-2-3-4-5-10-6-8-11(12)9-7-10/h2,6-9H,1,3H2. The molecule has 0 atom stereocenters. The van der Waals surface area contributed by atoms with E-state index in [0.717, 1.165) is 16.5 Å². The largest absolute Gasteiger partial charge is 0.102 e. The average molecular weight is 221 g/mol. The van der Waals surface area contributed by atoms with E-state index in [-0.39, 0.29) is 0 Å². The highest BCUT2D eigenvalue weighted by atomic mass is 79.9. The highest BCUT2D eigenvalue weighted by molar-refractivity contribution is 9.10. The lowest BCUT2D eigenvalue weighted by molar-refractivity contribution is 1.48. The lowest BCUT2D eigenvalue weighted by Gasteiger charge is -1.89. The molecule has 0 aliphatic carbocycles. The summed E-state index contributed by atoms with van der Waals surface area (Å²) in [4.78, 5) is 0. The Kier molecular flexibility index (Phi) is 3.63. The molecule has 1 aromatic carbocycles. The van der Waals surface area contributed by atoms with Crippen LogP contribution in [0.3, 0.4) is 0 Å². The molecule has 0 heterocycles. The normalized spacial score (nSPS) is 8.42. The van der Waals surface area contributed by atoms with Gasteiger partial charge < -0.3 is 0 Å². The second kappa shape index (κ2) is 4.79.